The Bertz CT molecular complexity index is 530. The van der Waals surface area contributed by atoms with Gasteiger partial charge in [-0.1, -0.05) is 23.8 Å². The molecule has 1 aliphatic carbocycles. The van der Waals surface area contributed by atoms with Crippen molar-refractivity contribution in [2.45, 2.75) is 32.0 Å². The van der Waals surface area contributed by atoms with E-state index in [2.05, 4.69) is 5.32 Å². The van der Waals surface area contributed by atoms with Crippen molar-refractivity contribution in [3.05, 3.63) is 35.2 Å². The van der Waals surface area contributed by atoms with Crippen LogP contribution in [0.15, 0.2) is 35.2 Å². The van der Waals surface area contributed by atoms with Crippen LogP contribution in [0.1, 0.15) is 19.8 Å². The third-order valence-electron chi connectivity index (χ3n) is 3.78. The number of carbonyl (C=O) groups is 1. The molecule has 2 rings (SSSR count). The van der Waals surface area contributed by atoms with Crippen LogP contribution < -0.4 is 5.32 Å². The predicted octanol–water partition coefficient (Wildman–Crippen LogP) is 2.78. The van der Waals surface area contributed by atoms with Crippen LogP contribution in [0.4, 0.5) is 13.2 Å². The lowest BCUT2D eigenvalue weighted by molar-refractivity contribution is -0.126. The molecule has 0 aromatic rings. The number of hydrogen-bond donors (Lipinski definition) is 1. The first kappa shape index (κ1) is 15.7. The zero-order valence-corrected chi connectivity index (χ0v) is 12.3. The van der Waals surface area contributed by atoms with Gasteiger partial charge in [0.1, 0.15) is 11.4 Å². The zero-order valence-electron chi connectivity index (χ0n) is 12.3. The molecule has 116 valence electrons. The number of ketones is 1. The molecule has 0 saturated carbocycles. The van der Waals surface area contributed by atoms with Crippen LogP contribution in [0.5, 0.6) is 0 Å². The highest BCUT2D eigenvalue weighted by Crippen LogP contribution is 2.35. The molecule has 3 nitrogen and oxygen atoms in total. The summed E-state index contributed by atoms with van der Waals surface area (Å²) in [5, 5.41) is 2.55. The normalized spacial score (nSPS) is 29.0. The molecule has 0 amide bonds. The summed E-state index contributed by atoms with van der Waals surface area (Å²) in [5.41, 5.74) is -0.192. The predicted molar refractivity (Wildman–Crippen MR) is 74.3 cm³/mol. The Morgan fingerprint density at radius 2 is 2.00 bits per heavy atom. The van der Waals surface area contributed by atoms with Crippen LogP contribution in [-0.4, -0.2) is 37.0 Å². The van der Waals surface area contributed by atoms with Crippen LogP contribution in [0, 0.1) is 5.92 Å². The van der Waals surface area contributed by atoms with Crippen LogP contribution in [-0.2, 0) is 4.79 Å². The Balaban J connectivity index is 2.47. The summed E-state index contributed by atoms with van der Waals surface area (Å²) in [6, 6.07) is -0.515. The van der Waals surface area contributed by atoms with Crippen molar-refractivity contribution in [3.8, 4) is 0 Å². The molecule has 21 heavy (non-hydrogen) atoms. The lowest BCUT2D eigenvalue weighted by Crippen LogP contribution is -2.50. The van der Waals surface area contributed by atoms with Crippen LogP contribution >= 0.6 is 0 Å². The first-order valence-electron chi connectivity index (χ1n) is 6.86. The molecule has 2 aliphatic rings. The first-order chi connectivity index (χ1) is 9.71. The van der Waals surface area contributed by atoms with E-state index in [1.54, 1.807) is 6.08 Å². The molecule has 1 heterocycles. The summed E-state index contributed by atoms with van der Waals surface area (Å²) in [5.74, 6) is -1.03. The maximum atomic E-state index is 13.2. The molecular formula is C15H19F3N2O. The number of nitrogens with zero attached hydrogens (tertiary/aromatic N) is 1. The Hall–Kier alpha value is -1.72. The first-order valence-corrected chi connectivity index (χ1v) is 6.86. The minimum Gasteiger partial charge on any atom is -0.375 e. The van der Waals surface area contributed by atoms with Crippen LogP contribution in [0.2, 0.25) is 0 Å². The zero-order chi connectivity index (χ0) is 15.8. The highest BCUT2D eigenvalue weighted by Gasteiger charge is 2.46. The molecule has 0 aromatic heterocycles. The third-order valence-corrected chi connectivity index (χ3v) is 3.78. The number of likely N-dealkylation sites (N-methyl/N-ethyl adjacent to an activating group) is 1. The minimum atomic E-state index is -4.56. The molecule has 2 atom stereocenters. The van der Waals surface area contributed by atoms with Crippen molar-refractivity contribution in [3.63, 3.8) is 0 Å². The van der Waals surface area contributed by atoms with E-state index in [4.69, 9.17) is 0 Å². The highest BCUT2D eigenvalue weighted by atomic mass is 19.4. The number of Topliss-reactive ketones (excluding diaryl/α,β-unsaturated/α-hetero) is 1. The molecular weight excluding hydrogens is 281 g/mol. The van der Waals surface area contributed by atoms with Crippen LogP contribution in [0.25, 0.3) is 0 Å². The van der Waals surface area contributed by atoms with E-state index >= 15 is 0 Å². The van der Waals surface area contributed by atoms with E-state index in [1.807, 2.05) is 19.1 Å². The maximum Gasteiger partial charge on any atom is 0.433 e. The monoisotopic (exact) mass is 300 g/mol. The van der Waals surface area contributed by atoms with E-state index in [0.717, 1.165) is 5.57 Å². The van der Waals surface area contributed by atoms with E-state index in [-0.39, 0.29) is 5.70 Å². The van der Waals surface area contributed by atoms with Crippen molar-refractivity contribution in [2.24, 2.45) is 5.92 Å². The number of hydrogen-bond acceptors (Lipinski definition) is 3. The second-order valence-electron chi connectivity index (χ2n) is 5.64. The van der Waals surface area contributed by atoms with Crippen molar-refractivity contribution in [2.75, 3.05) is 14.1 Å². The minimum absolute atomic E-state index is 0.296. The Kier molecular flexibility index (Phi) is 4.16. The number of carbonyl (C=O) groups excluding carboxylic acids is 1. The third kappa shape index (κ3) is 3.14. The van der Waals surface area contributed by atoms with Crippen LogP contribution in [0.3, 0.4) is 0 Å². The maximum absolute atomic E-state index is 13.2. The highest BCUT2D eigenvalue weighted by molar-refractivity contribution is 6.00. The molecule has 0 saturated heterocycles. The molecule has 0 radical (unpaired) electrons. The number of nitrogens with one attached hydrogen (secondary N) is 1. The van der Waals surface area contributed by atoms with Gasteiger partial charge in [-0.25, -0.2) is 0 Å². The molecule has 0 spiro atoms. The van der Waals surface area contributed by atoms with Crippen molar-refractivity contribution >= 4 is 5.78 Å². The van der Waals surface area contributed by atoms with Gasteiger partial charge in [-0.2, -0.15) is 13.2 Å². The average Bonchev–Trinajstić information content (AvgIpc) is 2.32. The fraction of sp³-hybridized carbons (Fsp3) is 0.533. The number of halogens is 3. The average molecular weight is 300 g/mol. The standard InChI is InChI=1S/C15H19F3N2O/c1-9-5-4-6-11-10(8-7-9)13(21)12(20(2)3)14(19-11)15(16,17)18/h5,7-8,10-11,19H,4,6H2,1-3H3/b8-7?,9-5-. The van der Waals surface area contributed by atoms with Gasteiger partial charge in [0.2, 0.25) is 0 Å². The van der Waals surface area contributed by atoms with Gasteiger partial charge in [0.05, 0.1) is 5.92 Å². The van der Waals surface area contributed by atoms with Gasteiger partial charge in [-0.05, 0) is 19.8 Å². The van der Waals surface area contributed by atoms with E-state index in [1.165, 1.54) is 19.0 Å². The molecule has 1 N–H and O–H groups in total. The second-order valence-corrected chi connectivity index (χ2v) is 5.64. The lowest BCUT2D eigenvalue weighted by atomic mass is 9.83. The fourth-order valence-electron chi connectivity index (χ4n) is 2.75. The number of alkyl halides is 3. The van der Waals surface area contributed by atoms with E-state index < -0.39 is 29.6 Å². The van der Waals surface area contributed by atoms with Crippen molar-refractivity contribution < 1.29 is 18.0 Å². The Morgan fingerprint density at radius 1 is 1.33 bits per heavy atom. The van der Waals surface area contributed by atoms with Gasteiger partial charge in [-0.15, -0.1) is 0 Å². The summed E-state index contributed by atoms with van der Waals surface area (Å²) in [6.45, 7) is 1.92. The smallest absolute Gasteiger partial charge is 0.375 e. The van der Waals surface area contributed by atoms with Gasteiger partial charge >= 0.3 is 6.18 Å². The van der Waals surface area contributed by atoms with Gasteiger partial charge in [-0.3, -0.25) is 4.79 Å². The van der Waals surface area contributed by atoms with Gasteiger partial charge in [0.15, 0.2) is 5.78 Å². The SMILES string of the molecule is C/C1=C/CCC2NC(C(F)(F)F)=C(N(C)C)C(=O)C2C=C1. The molecule has 0 aromatic carbocycles. The van der Waals surface area contributed by atoms with Crippen molar-refractivity contribution in [1.29, 1.82) is 0 Å². The molecule has 2 unspecified atom stereocenters. The van der Waals surface area contributed by atoms with E-state index in [9.17, 15) is 18.0 Å². The van der Waals surface area contributed by atoms with E-state index in [0.29, 0.717) is 12.8 Å². The summed E-state index contributed by atoms with van der Waals surface area (Å²) < 4.78 is 39.6. The molecule has 0 bridgehead atoms. The van der Waals surface area contributed by atoms with Gasteiger partial charge in [0, 0.05) is 20.1 Å². The Morgan fingerprint density at radius 3 is 2.57 bits per heavy atom. The Labute approximate surface area is 122 Å². The lowest BCUT2D eigenvalue weighted by Gasteiger charge is -2.37. The molecule has 6 heteroatoms. The molecule has 0 fully saturated rings. The topological polar surface area (TPSA) is 32.3 Å². The second kappa shape index (κ2) is 5.58. The van der Waals surface area contributed by atoms with Gasteiger partial charge in [0.25, 0.3) is 0 Å². The quantitative estimate of drug-likeness (QED) is 0.808. The number of rotatable bonds is 1. The number of fused-ring (bicyclic) bond motifs is 1. The number of allylic oxidation sites excluding steroid dienone is 5. The van der Waals surface area contributed by atoms with Gasteiger partial charge < -0.3 is 10.2 Å². The summed E-state index contributed by atoms with van der Waals surface area (Å²) in [7, 11) is 2.91. The van der Waals surface area contributed by atoms with Crippen molar-refractivity contribution in [1.82, 2.24) is 10.2 Å². The fourth-order valence-corrected chi connectivity index (χ4v) is 2.75. The largest absolute Gasteiger partial charge is 0.433 e. The summed E-state index contributed by atoms with van der Waals surface area (Å²) in [6.07, 6.45) is 2.08. The molecule has 1 aliphatic heterocycles. The summed E-state index contributed by atoms with van der Waals surface area (Å²) >= 11 is 0. The summed E-state index contributed by atoms with van der Waals surface area (Å²) in [4.78, 5) is 13.8.